The van der Waals surface area contributed by atoms with E-state index < -0.39 is 6.04 Å². The van der Waals surface area contributed by atoms with E-state index >= 15 is 0 Å². The summed E-state index contributed by atoms with van der Waals surface area (Å²) in [6, 6.07) is 3.63. The Kier molecular flexibility index (Phi) is 5.83. The van der Waals surface area contributed by atoms with Crippen molar-refractivity contribution < 1.29 is 9.59 Å². The van der Waals surface area contributed by atoms with Gasteiger partial charge in [0.2, 0.25) is 11.8 Å². The molecule has 0 spiro atoms. The number of nitrogens with one attached hydrogen (secondary N) is 2. The highest BCUT2D eigenvalue weighted by atomic mass is 32.1. The molecule has 8 heteroatoms. The van der Waals surface area contributed by atoms with E-state index in [-0.39, 0.29) is 18.2 Å². The van der Waals surface area contributed by atoms with Crippen LogP contribution in [0.1, 0.15) is 24.0 Å². The minimum absolute atomic E-state index is 0.0759. The Bertz CT molecular complexity index is 712. The SMILES string of the molecule is CCn1ccnc1CNC(=O)C[C@H]1C(=O)NCCN1Cc1cccs1. The van der Waals surface area contributed by atoms with E-state index in [1.54, 1.807) is 17.5 Å². The summed E-state index contributed by atoms with van der Waals surface area (Å²) in [6.07, 6.45) is 3.77. The van der Waals surface area contributed by atoms with Gasteiger partial charge in [-0.15, -0.1) is 11.3 Å². The Morgan fingerprint density at radius 2 is 2.40 bits per heavy atom. The van der Waals surface area contributed by atoms with Crippen LogP contribution in [0.25, 0.3) is 0 Å². The van der Waals surface area contributed by atoms with Crippen molar-refractivity contribution >= 4 is 23.2 Å². The summed E-state index contributed by atoms with van der Waals surface area (Å²) in [5, 5.41) is 7.77. The summed E-state index contributed by atoms with van der Waals surface area (Å²) in [6.45, 7) is 5.28. The van der Waals surface area contributed by atoms with E-state index in [0.29, 0.717) is 19.6 Å². The summed E-state index contributed by atoms with van der Waals surface area (Å²) in [4.78, 5) is 32.1. The number of thiophene rings is 1. The second kappa shape index (κ2) is 8.26. The van der Waals surface area contributed by atoms with E-state index in [2.05, 4.69) is 26.6 Å². The van der Waals surface area contributed by atoms with Gasteiger partial charge in [0.25, 0.3) is 0 Å². The first-order valence-corrected chi connectivity index (χ1v) is 9.36. The highest BCUT2D eigenvalue weighted by Crippen LogP contribution is 2.17. The van der Waals surface area contributed by atoms with Gasteiger partial charge in [0.1, 0.15) is 5.82 Å². The van der Waals surface area contributed by atoms with Crippen LogP contribution in [0, 0.1) is 0 Å². The molecule has 0 aliphatic carbocycles. The Morgan fingerprint density at radius 1 is 1.52 bits per heavy atom. The maximum absolute atomic E-state index is 12.3. The van der Waals surface area contributed by atoms with Crippen LogP contribution in [0.3, 0.4) is 0 Å². The molecule has 0 aromatic carbocycles. The standard InChI is InChI=1S/C17H23N5O2S/c1-2-21-7-5-18-15(21)11-20-16(23)10-14-17(24)19-6-8-22(14)12-13-4-3-9-25-13/h3-5,7,9,14H,2,6,8,10-12H2,1H3,(H,19,24)(H,20,23)/t14-/m0/s1. The monoisotopic (exact) mass is 361 g/mol. The lowest BCUT2D eigenvalue weighted by Gasteiger charge is -2.34. The van der Waals surface area contributed by atoms with Crippen LogP contribution >= 0.6 is 11.3 Å². The largest absolute Gasteiger partial charge is 0.353 e. The van der Waals surface area contributed by atoms with Gasteiger partial charge in [-0.1, -0.05) is 6.07 Å². The number of aryl methyl sites for hydroxylation is 1. The van der Waals surface area contributed by atoms with Gasteiger partial charge in [-0.25, -0.2) is 4.98 Å². The van der Waals surface area contributed by atoms with Gasteiger partial charge in [-0.3, -0.25) is 14.5 Å². The second-order valence-corrected chi connectivity index (χ2v) is 7.00. The van der Waals surface area contributed by atoms with Crippen molar-refractivity contribution in [3.05, 3.63) is 40.6 Å². The van der Waals surface area contributed by atoms with Crippen molar-refractivity contribution in [1.82, 2.24) is 25.1 Å². The van der Waals surface area contributed by atoms with Gasteiger partial charge in [0.15, 0.2) is 0 Å². The number of carbonyl (C=O) groups is 2. The van der Waals surface area contributed by atoms with E-state index in [0.717, 1.165) is 18.9 Å². The van der Waals surface area contributed by atoms with Gasteiger partial charge in [0, 0.05) is 43.4 Å². The number of amides is 2. The zero-order chi connectivity index (χ0) is 17.6. The maximum Gasteiger partial charge on any atom is 0.237 e. The van der Waals surface area contributed by atoms with Gasteiger partial charge >= 0.3 is 0 Å². The van der Waals surface area contributed by atoms with Crippen LogP contribution in [0.15, 0.2) is 29.9 Å². The second-order valence-electron chi connectivity index (χ2n) is 5.97. The predicted octanol–water partition coefficient (Wildman–Crippen LogP) is 0.971. The van der Waals surface area contributed by atoms with E-state index in [1.807, 2.05) is 29.1 Å². The molecule has 134 valence electrons. The molecule has 1 atom stereocenters. The minimum Gasteiger partial charge on any atom is -0.353 e. The Balaban J connectivity index is 1.57. The molecule has 3 rings (SSSR count). The zero-order valence-electron chi connectivity index (χ0n) is 14.3. The molecule has 2 amide bonds. The van der Waals surface area contributed by atoms with Crippen LogP contribution in [0.5, 0.6) is 0 Å². The Morgan fingerprint density at radius 3 is 3.16 bits per heavy atom. The fourth-order valence-corrected chi connectivity index (χ4v) is 3.73. The fourth-order valence-electron chi connectivity index (χ4n) is 3.00. The molecule has 0 saturated carbocycles. The number of imidazole rings is 1. The van der Waals surface area contributed by atoms with Crippen molar-refractivity contribution in [2.24, 2.45) is 0 Å². The zero-order valence-corrected chi connectivity index (χ0v) is 15.1. The average Bonchev–Trinajstić information content (AvgIpc) is 3.27. The molecule has 7 nitrogen and oxygen atoms in total. The first kappa shape index (κ1) is 17.6. The maximum atomic E-state index is 12.3. The third-order valence-electron chi connectivity index (χ3n) is 4.35. The minimum atomic E-state index is -0.429. The van der Waals surface area contributed by atoms with E-state index in [4.69, 9.17) is 0 Å². The molecular formula is C17H23N5O2S. The molecule has 1 fully saturated rings. The quantitative estimate of drug-likeness (QED) is 0.770. The van der Waals surface area contributed by atoms with Crippen LogP contribution in [0.2, 0.25) is 0 Å². The molecular weight excluding hydrogens is 338 g/mol. The van der Waals surface area contributed by atoms with Crippen molar-refractivity contribution in [3.63, 3.8) is 0 Å². The fraction of sp³-hybridized carbons (Fsp3) is 0.471. The topological polar surface area (TPSA) is 79.3 Å². The third kappa shape index (κ3) is 4.46. The molecule has 25 heavy (non-hydrogen) atoms. The van der Waals surface area contributed by atoms with Gasteiger partial charge in [-0.2, -0.15) is 0 Å². The smallest absolute Gasteiger partial charge is 0.237 e. The highest BCUT2D eigenvalue weighted by Gasteiger charge is 2.31. The Labute approximate surface area is 151 Å². The molecule has 1 saturated heterocycles. The number of nitrogens with zero attached hydrogens (tertiary/aromatic N) is 3. The van der Waals surface area contributed by atoms with Crippen molar-refractivity contribution in [2.75, 3.05) is 13.1 Å². The number of hydrogen-bond donors (Lipinski definition) is 2. The summed E-state index contributed by atoms with van der Waals surface area (Å²) in [5.74, 6) is 0.608. The lowest BCUT2D eigenvalue weighted by molar-refractivity contribution is -0.134. The van der Waals surface area contributed by atoms with Gasteiger partial charge < -0.3 is 15.2 Å². The lowest BCUT2D eigenvalue weighted by Crippen LogP contribution is -2.56. The molecule has 2 aromatic rings. The normalized spacial score (nSPS) is 18.1. The molecule has 3 heterocycles. The molecule has 0 bridgehead atoms. The van der Waals surface area contributed by atoms with E-state index in [1.165, 1.54) is 4.88 Å². The summed E-state index contributed by atoms with van der Waals surface area (Å²) in [7, 11) is 0. The molecule has 1 aliphatic rings. The Hall–Kier alpha value is -2.19. The van der Waals surface area contributed by atoms with Crippen LogP contribution in [-0.4, -0.2) is 45.4 Å². The molecule has 0 unspecified atom stereocenters. The molecule has 2 N–H and O–H groups in total. The summed E-state index contributed by atoms with van der Waals surface area (Å²) in [5.41, 5.74) is 0. The molecule has 0 radical (unpaired) electrons. The van der Waals surface area contributed by atoms with Crippen molar-refractivity contribution in [3.8, 4) is 0 Å². The van der Waals surface area contributed by atoms with Crippen LogP contribution in [0.4, 0.5) is 0 Å². The molecule has 1 aliphatic heterocycles. The van der Waals surface area contributed by atoms with Crippen molar-refractivity contribution in [2.45, 2.75) is 39.0 Å². The number of rotatable bonds is 7. The average molecular weight is 361 g/mol. The highest BCUT2D eigenvalue weighted by molar-refractivity contribution is 7.09. The number of piperazine rings is 1. The van der Waals surface area contributed by atoms with Crippen LogP contribution in [-0.2, 0) is 29.2 Å². The lowest BCUT2D eigenvalue weighted by atomic mass is 10.1. The first-order valence-electron chi connectivity index (χ1n) is 8.48. The first-order chi connectivity index (χ1) is 12.2. The van der Waals surface area contributed by atoms with Crippen LogP contribution < -0.4 is 10.6 Å². The number of carbonyl (C=O) groups excluding carboxylic acids is 2. The number of hydrogen-bond acceptors (Lipinski definition) is 5. The predicted molar refractivity (Wildman–Crippen MR) is 95.9 cm³/mol. The molecule has 2 aromatic heterocycles. The summed E-state index contributed by atoms with van der Waals surface area (Å²) < 4.78 is 1.98. The van der Waals surface area contributed by atoms with Crippen molar-refractivity contribution in [1.29, 1.82) is 0 Å². The third-order valence-corrected chi connectivity index (χ3v) is 5.21. The number of aromatic nitrogens is 2. The summed E-state index contributed by atoms with van der Waals surface area (Å²) >= 11 is 1.67. The van der Waals surface area contributed by atoms with Gasteiger partial charge in [-0.05, 0) is 18.4 Å². The van der Waals surface area contributed by atoms with Gasteiger partial charge in [0.05, 0.1) is 19.0 Å². The van der Waals surface area contributed by atoms with E-state index in [9.17, 15) is 9.59 Å².